The molecule has 5 rings (SSSR count). The Kier molecular flexibility index (Phi) is 4.74. The molecule has 0 unspecified atom stereocenters. The standard InChI is InChI=1S/C20H24N4O/c25-20(10-16-4-3-8-21-11-16)24-13-17-6-7-19(15-24)23(12-17)14-18-5-1-2-9-22-18/h1-5,8-9,11,17,19H,6-7,10,12-15H2/t17-,19-/m1/s1. The first-order chi connectivity index (χ1) is 12.3. The minimum Gasteiger partial charge on any atom is -0.341 e. The van der Waals surface area contributed by atoms with Crippen molar-refractivity contribution in [3.05, 3.63) is 60.2 Å². The number of fused-ring (bicyclic) bond motifs is 4. The van der Waals surface area contributed by atoms with Gasteiger partial charge in [-0.05, 0) is 42.5 Å². The topological polar surface area (TPSA) is 49.3 Å². The fourth-order valence-electron chi connectivity index (χ4n) is 4.07. The van der Waals surface area contributed by atoms with Crippen LogP contribution in [0, 0.1) is 5.92 Å². The summed E-state index contributed by atoms with van der Waals surface area (Å²) < 4.78 is 0. The summed E-state index contributed by atoms with van der Waals surface area (Å²) in [6, 6.07) is 10.4. The van der Waals surface area contributed by atoms with Gasteiger partial charge in [-0.2, -0.15) is 0 Å². The first-order valence-electron chi connectivity index (χ1n) is 9.08. The molecular weight excluding hydrogens is 312 g/mol. The van der Waals surface area contributed by atoms with Crippen molar-refractivity contribution < 1.29 is 4.79 Å². The third-order valence-corrected chi connectivity index (χ3v) is 5.35. The zero-order chi connectivity index (χ0) is 17.1. The van der Waals surface area contributed by atoms with Crippen LogP contribution < -0.4 is 0 Å². The van der Waals surface area contributed by atoms with Gasteiger partial charge in [0.05, 0.1) is 12.1 Å². The van der Waals surface area contributed by atoms with E-state index in [1.54, 1.807) is 12.4 Å². The summed E-state index contributed by atoms with van der Waals surface area (Å²) in [6.45, 7) is 3.67. The van der Waals surface area contributed by atoms with Gasteiger partial charge >= 0.3 is 0 Å². The normalized spacial score (nSPS) is 23.4. The largest absolute Gasteiger partial charge is 0.341 e. The van der Waals surface area contributed by atoms with E-state index < -0.39 is 0 Å². The van der Waals surface area contributed by atoms with Crippen LogP contribution in [-0.2, 0) is 17.8 Å². The van der Waals surface area contributed by atoms with Crippen molar-refractivity contribution in [1.82, 2.24) is 19.8 Å². The summed E-state index contributed by atoms with van der Waals surface area (Å²) >= 11 is 0. The summed E-state index contributed by atoms with van der Waals surface area (Å²) in [7, 11) is 0. The molecule has 1 amide bonds. The van der Waals surface area contributed by atoms with Crippen LogP contribution in [0.25, 0.3) is 0 Å². The number of aromatic nitrogens is 2. The molecule has 3 saturated heterocycles. The van der Waals surface area contributed by atoms with E-state index in [-0.39, 0.29) is 5.91 Å². The number of carbonyl (C=O) groups is 1. The highest BCUT2D eigenvalue weighted by Gasteiger charge is 2.36. The lowest BCUT2D eigenvalue weighted by Crippen LogP contribution is -2.44. The van der Waals surface area contributed by atoms with E-state index in [1.807, 2.05) is 30.5 Å². The predicted octanol–water partition coefficient (Wildman–Crippen LogP) is 2.14. The lowest BCUT2D eigenvalue weighted by Gasteiger charge is -2.35. The minimum absolute atomic E-state index is 0.226. The number of pyridine rings is 2. The quantitative estimate of drug-likeness (QED) is 0.858. The van der Waals surface area contributed by atoms with Crippen LogP contribution >= 0.6 is 0 Å². The fraction of sp³-hybridized carbons (Fsp3) is 0.450. The molecule has 0 spiro atoms. The van der Waals surface area contributed by atoms with E-state index in [0.29, 0.717) is 18.4 Å². The van der Waals surface area contributed by atoms with Gasteiger partial charge in [-0.15, -0.1) is 0 Å². The molecule has 2 atom stereocenters. The molecule has 25 heavy (non-hydrogen) atoms. The molecule has 0 saturated carbocycles. The van der Waals surface area contributed by atoms with Crippen LogP contribution in [0.2, 0.25) is 0 Å². The molecule has 5 nitrogen and oxygen atoms in total. The highest BCUT2D eigenvalue weighted by molar-refractivity contribution is 5.78. The molecule has 3 aliphatic heterocycles. The third-order valence-electron chi connectivity index (χ3n) is 5.35. The Morgan fingerprint density at radius 2 is 2.04 bits per heavy atom. The molecule has 130 valence electrons. The van der Waals surface area contributed by atoms with Crippen molar-refractivity contribution in [3.63, 3.8) is 0 Å². The fourth-order valence-corrected chi connectivity index (χ4v) is 4.07. The van der Waals surface area contributed by atoms with Crippen LogP contribution in [-0.4, -0.2) is 51.4 Å². The third kappa shape index (κ3) is 3.87. The lowest BCUT2D eigenvalue weighted by atomic mass is 9.95. The second kappa shape index (κ2) is 7.31. The molecule has 0 aromatic carbocycles. The zero-order valence-electron chi connectivity index (χ0n) is 14.4. The summed E-state index contributed by atoms with van der Waals surface area (Å²) in [4.78, 5) is 26.0. The van der Waals surface area contributed by atoms with Gasteiger partial charge in [0.15, 0.2) is 0 Å². The highest BCUT2D eigenvalue weighted by Crippen LogP contribution is 2.29. The Balaban J connectivity index is 1.43. The minimum atomic E-state index is 0.226. The highest BCUT2D eigenvalue weighted by atomic mass is 16.2. The van der Waals surface area contributed by atoms with Crippen molar-refractivity contribution in [2.45, 2.75) is 31.8 Å². The Labute approximate surface area is 148 Å². The monoisotopic (exact) mass is 336 g/mol. The van der Waals surface area contributed by atoms with Crippen LogP contribution in [0.4, 0.5) is 0 Å². The molecule has 3 fully saturated rings. The van der Waals surface area contributed by atoms with E-state index in [2.05, 4.69) is 25.8 Å². The summed E-state index contributed by atoms with van der Waals surface area (Å²) in [5.74, 6) is 0.796. The SMILES string of the molecule is O=C(Cc1cccnc1)N1C[C@@H]2CC[C@H](C1)N(Cc1ccccn1)C2. The number of nitrogens with zero attached hydrogens (tertiary/aromatic N) is 4. The second-order valence-corrected chi connectivity index (χ2v) is 7.18. The first kappa shape index (κ1) is 16.2. The molecular formula is C20H24N4O. The molecule has 0 radical (unpaired) electrons. The maximum Gasteiger partial charge on any atom is 0.227 e. The molecule has 3 aliphatic rings. The number of hydrogen-bond donors (Lipinski definition) is 0. The Hall–Kier alpha value is -2.27. The van der Waals surface area contributed by atoms with E-state index >= 15 is 0 Å². The van der Waals surface area contributed by atoms with Crippen molar-refractivity contribution >= 4 is 5.91 Å². The first-order valence-corrected chi connectivity index (χ1v) is 9.08. The van der Waals surface area contributed by atoms with Gasteiger partial charge in [-0.25, -0.2) is 0 Å². The number of hydrogen-bond acceptors (Lipinski definition) is 4. The number of piperidine rings is 1. The zero-order valence-corrected chi connectivity index (χ0v) is 14.4. The molecule has 5 heterocycles. The molecule has 2 aromatic rings. The van der Waals surface area contributed by atoms with Crippen molar-refractivity contribution in [2.24, 2.45) is 5.92 Å². The summed E-state index contributed by atoms with van der Waals surface area (Å²) in [5.41, 5.74) is 2.11. The molecule has 0 N–H and O–H groups in total. The van der Waals surface area contributed by atoms with E-state index in [4.69, 9.17) is 0 Å². The van der Waals surface area contributed by atoms with Gasteiger partial charge in [0.25, 0.3) is 0 Å². The Morgan fingerprint density at radius 1 is 1.08 bits per heavy atom. The van der Waals surface area contributed by atoms with Gasteiger partial charge in [0.2, 0.25) is 5.91 Å². The number of amides is 1. The van der Waals surface area contributed by atoms with Crippen LogP contribution in [0.15, 0.2) is 48.9 Å². The predicted molar refractivity (Wildman–Crippen MR) is 95.7 cm³/mol. The van der Waals surface area contributed by atoms with Crippen LogP contribution in [0.1, 0.15) is 24.1 Å². The maximum atomic E-state index is 12.8. The Bertz CT molecular complexity index is 706. The van der Waals surface area contributed by atoms with E-state index in [9.17, 15) is 4.79 Å². The number of rotatable bonds is 4. The average molecular weight is 336 g/mol. The molecule has 0 aliphatic carbocycles. The summed E-state index contributed by atoms with van der Waals surface area (Å²) in [5, 5.41) is 0. The van der Waals surface area contributed by atoms with Gasteiger partial charge in [0, 0.05) is 50.8 Å². The number of carbonyl (C=O) groups excluding carboxylic acids is 1. The van der Waals surface area contributed by atoms with E-state index in [0.717, 1.165) is 37.4 Å². The molecule has 2 bridgehead atoms. The van der Waals surface area contributed by atoms with Crippen molar-refractivity contribution in [2.75, 3.05) is 19.6 Å². The summed E-state index contributed by atoms with van der Waals surface area (Å²) in [6.07, 6.45) is 8.24. The maximum absolute atomic E-state index is 12.8. The lowest BCUT2D eigenvalue weighted by molar-refractivity contribution is -0.130. The molecule has 2 aromatic heterocycles. The second-order valence-electron chi connectivity index (χ2n) is 7.18. The van der Waals surface area contributed by atoms with Gasteiger partial charge in [-0.3, -0.25) is 19.7 Å². The van der Waals surface area contributed by atoms with Crippen molar-refractivity contribution in [3.8, 4) is 0 Å². The van der Waals surface area contributed by atoms with Crippen LogP contribution in [0.3, 0.4) is 0 Å². The smallest absolute Gasteiger partial charge is 0.227 e. The van der Waals surface area contributed by atoms with Gasteiger partial charge in [-0.1, -0.05) is 12.1 Å². The van der Waals surface area contributed by atoms with E-state index in [1.165, 1.54) is 12.8 Å². The van der Waals surface area contributed by atoms with Gasteiger partial charge < -0.3 is 4.90 Å². The molecule has 5 heteroatoms. The Morgan fingerprint density at radius 3 is 2.84 bits per heavy atom. The van der Waals surface area contributed by atoms with Gasteiger partial charge in [0.1, 0.15) is 0 Å². The van der Waals surface area contributed by atoms with Crippen molar-refractivity contribution in [1.29, 1.82) is 0 Å². The average Bonchev–Trinajstić information content (AvgIpc) is 2.95. The van der Waals surface area contributed by atoms with Crippen LogP contribution in [0.5, 0.6) is 0 Å².